The number of amides is 1. The van der Waals surface area contributed by atoms with Crippen LogP contribution in [0.5, 0.6) is 0 Å². The van der Waals surface area contributed by atoms with Crippen molar-refractivity contribution >= 4 is 5.91 Å². The van der Waals surface area contributed by atoms with E-state index in [2.05, 4.69) is 58.7 Å². The maximum absolute atomic E-state index is 12.8. The van der Waals surface area contributed by atoms with Crippen molar-refractivity contribution in [3.63, 3.8) is 0 Å². The van der Waals surface area contributed by atoms with Gasteiger partial charge in [0.15, 0.2) is 0 Å². The molecule has 0 atom stereocenters. The van der Waals surface area contributed by atoms with Gasteiger partial charge in [0.05, 0.1) is 12.7 Å². The van der Waals surface area contributed by atoms with Crippen molar-refractivity contribution in [3.8, 4) is 0 Å². The Labute approximate surface area is 143 Å². The minimum atomic E-state index is -0.274. The first-order valence-corrected chi connectivity index (χ1v) is 9.16. The summed E-state index contributed by atoms with van der Waals surface area (Å²) in [7, 11) is 0. The number of hydrogen-bond donors (Lipinski definition) is 1. The zero-order valence-corrected chi connectivity index (χ0v) is 16.4. The maximum Gasteiger partial charge on any atom is 0.228 e. The van der Waals surface area contributed by atoms with Crippen LogP contribution in [0.4, 0.5) is 0 Å². The second-order valence-electron chi connectivity index (χ2n) is 9.06. The number of nitrogens with one attached hydrogen (secondary N) is 1. The molecule has 23 heavy (non-hydrogen) atoms. The van der Waals surface area contributed by atoms with Crippen molar-refractivity contribution in [1.29, 1.82) is 0 Å². The van der Waals surface area contributed by atoms with Gasteiger partial charge in [0, 0.05) is 31.1 Å². The molecule has 1 heterocycles. The molecular formula is C19H38N2O2. The molecule has 0 unspecified atom stereocenters. The number of carbonyl (C=O) groups excluding carboxylic acids is 1. The van der Waals surface area contributed by atoms with Crippen molar-refractivity contribution in [2.24, 2.45) is 10.8 Å². The van der Waals surface area contributed by atoms with E-state index in [4.69, 9.17) is 4.74 Å². The summed E-state index contributed by atoms with van der Waals surface area (Å²) in [6, 6.07) is 0.514. The van der Waals surface area contributed by atoms with Gasteiger partial charge in [-0.15, -0.1) is 0 Å². The van der Waals surface area contributed by atoms with Crippen LogP contribution in [-0.2, 0) is 9.53 Å². The van der Waals surface area contributed by atoms with Gasteiger partial charge < -0.3 is 15.0 Å². The van der Waals surface area contributed by atoms with Gasteiger partial charge in [-0.1, -0.05) is 34.6 Å². The van der Waals surface area contributed by atoms with E-state index in [0.29, 0.717) is 18.1 Å². The number of hydrogen-bond acceptors (Lipinski definition) is 3. The predicted octanol–water partition coefficient (Wildman–Crippen LogP) is 3.45. The van der Waals surface area contributed by atoms with Gasteiger partial charge in [0.2, 0.25) is 5.91 Å². The molecule has 1 aliphatic heterocycles. The molecule has 1 amide bonds. The van der Waals surface area contributed by atoms with E-state index in [1.54, 1.807) is 0 Å². The summed E-state index contributed by atoms with van der Waals surface area (Å²) >= 11 is 0. The van der Waals surface area contributed by atoms with E-state index in [1.165, 1.54) is 0 Å². The lowest BCUT2D eigenvalue weighted by atomic mass is 9.75. The molecule has 0 aromatic carbocycles. The minimum Gasteiger partial charge on any atom is -0.377 e. The molecule has 136 valence electrons. The number of rotatable bonds is 7. The van der Waals surface area contributed by atoms with Gasteiger partial charge >= 0.3 is 0 Å². The van der Waals surface area contributed by atoms with E-state index in [9.17, 15) is 4.79 Å². The molecule has 1 N–H and O–H groups in total. The Hall–Kier alpha value is -0.610. The third-order valence-corrected chi connectivity index (χ3v) is 4.32. The zero-order valence-electron chi connectivity index (χ0n) is 16.4. The van der Waals surface area contributed by atoms with Gasteiger partial charge in [-0.3, -0.25) is 4.79 Å². The first kappa shape index (κ1) is 20.4. The average Bonchev–Trinajstić information content (AvgIpc) is 2.40. The van der Waals surface area contributed by atoms with Crippen LogP contribution in [0.1, 0.15) is 67.7 Å². The van der Waals surface area contributed by atoms with Gasteiger partial charge in [0.1, 0.15) is 0 Å². The smallest absolute Gasteiger partial charge is 0.228 e. The first-order chi connectivity index (χ1) is 10.5. The van der Waals surface area contributed by atoms with Crippen LogP contribution in [0.25, 0.3) is 0 Å². The summed E-state index contributed by atoms with van der Waals surface area (Å²) in [5.41, 5.74) is -0.0981. The fraction of sp³-hybridized carbons (Fsp3) is 0.947. The van der Waals surface area contributed by atoms with Gasteiger partial charge in [-0.05, 0) is 38.5 Å². The quantitative estimate of drug-likeness (QED) is 0.729. The molecule has 0 aromatic rings. The molecule has 0 aliphatic carbocycles. The summed E-state index contributed by atoms with van der Waals surface area (Å²) in [4.78, 5) is 14.9. The highest BCUT2D eigenvalue weighted by atomic mass is 16.5. The lowest BCUT2D eigenvalue weighted by Crippen LogP contribution is -2.49. The zero-order chi connectivity index (χ0) is 17.7. The molecule has 4 heteroatoms. The van der Waals surface area contributed by atoms with E-state index in [1.807, 2.05) is 0 Å². The monoisotopic (exact) mass is 326 g/mol. The molecule has 0 radical (unpaired) electrons. The molecule has 0 spiro atoms. The van der Waals surface area contributed by atoms with Crippen LogP contribution in [-0.4, -0.2) is 49.2 Å². The summed E-state index contributed by atoms with van der Waals surface area (Å²) in [6.45, 7) is 18.3. The molecule has 0 saturated carbocycles. The van der Waals surface area contributed by atoms with Gasteiger partial charge in [0.25, 0.3) is 0 Å². The Morgan fingerprint density at radius 2 is 1.74 bits per heavy atom. The fourth-order valence-electron chi connectivity index (χ4n) is 3.67. The van der Waals surface area contributed by atoms with E-state index in [0.717, 1.165) is 45.5 Å². The molecule has 0 bridgehead atoms. The highest BCUT2D eigenvalue weighted by Crippen LogP contribution is 2.35. The Bertz CT molecular complexity index is 364. The van der Waals surface area contributed by atoms with Crippen molar-refractivity contribution in [3.05, 3.63) is 0 Å². The van der Waals surface area contributed by atoms with Crippen LogP contribution in [0, 0.1) is 10.8 Å². The Balaban J connectivity index is 2.36. The second-order valence-corrected chi connectivity index (χ2v) is 9.06. The van der Waals surface area contributed by atoms with Crippen LogP contribution in [0.2, 0.25) is 0 Å². The van der Waals surface area contributed by atoms with Crippen LogP contribution < -0.4 is 5.32 Å². The summed E-state index contributed by atoms with van der Waals surface area (Å²) in [5, 5.41) is 3.55. The van der Waals surface area contributed by atoms with E-state index in [-0.39, 0.29) is 10.8 Å². The van der Waals surface area contributed by atoms with Crippen molar-refractivity contribution < 1.29 is 9.53 Å². The molecule has 4 nitrogen and oxygen atoms in total. The molecule has 1 aliphatic rings. The third kappa shape index (κ3) is 7.67. The Morgan fingerprint density at radius 3 is 2.22 bits per heavy atom. The number of piperidine rings is 1. The van der Waals surface area contributed by atoms with Crippen molar-refractivity contribution in [2.45, 2.75) is 79.9 Å². The average molecular weight is 327 g/mol. The van der Waals surface area contributed by atoms with Gasteiger partial charge in [-0.25, -0.2) is 0 Å². The van der Waals surface area contributed by atoms with Gasteiger partial charge in [-0.2, -0.15) is 0 Å². The Kier molecular flexibility index (Phi) is 7.53. The second kappa shape index (κ2) is 8.48. The van der Waals surface area contributed by atoms with E-state index >= 15 is 0 Å². The summed E-state index contributed by atoms with van der Waals surface area (Å²) < 4.78 is 5.56. The summed E-state index contributed by atoms with van der Waals surface area (Å²) in [5.74, 6) is 0.314. The minimum absolute atomic E-state index is 0.176. The largest absolute Gasteiger partial charge is 0.377 e. The molecule has 1 saturated heterocycles. The molecule has 1 fully saturated rings. The predicted molar refractivity (Wildman–Crippen MR) is 96.5 cm³/mol. The summed E-state index contributed by atoms with van der Waals surface area (Å²) in [6.07, 6.45) is 3.29. The lowest BCUT2D eigenvalue weighted by Gasteiger charge is -2.39. The third-order valence-electron chi connectivity index (χ3n) is 4.32. The number of likely N-dealkylation sites (tertiary alicyclic amines) is 1. The molecular weight excluding hydrogens is 288 g/mol. The van der Waals surface area contributed by atoms with E-state index < -0.39 is 0 Å². The molecule has 0 aromatic heterocycles. The first-order valence-electron chi connectivity index (χ1n) is 9.16. The SMILES string of the molecule is CC(C)OCCNC1CCN(C(=O)C(C)(C)CC(C)(C)C)CC1. The number of ether oxygens (including phenoxy) is 1. The Morgan fingerprint density at radius 1 is 1.17 bits per heavy atom. The molecule has 1 rings (SSSR count). The highest BCUT2D eigenvalue weighted by Gasteiger charge is 2.36. The van der Waals surface area contributed by atoms with Crippen LogP contribution in [0.3, 0.4) is 0 Å². The highest BCUT2D eigenvalue weighted by molar-refractivity contribution is 5.82. The standard InChI is InChI=1S/C19H38N2O2/c1-15(2)23-13-10-20-16-8-11-21(12-9-16)17(22)19(6,7)14-18(3,4)5/h15-16,20H,8-14H2,1-7H3. The topological polar surface area (TPSA) is 41.6 Å². The van der Waals surface area contributed by atoms with Crippen LogP contribution in [0.15, 0.2) is 0 Å². The number of nitrogens with zero attached hydrogens (tertiary/aromatic N) is 1. The van der Waals surface area contributed by atoms with Crippen LogP contribution >= 0.6 is 0 Å². The normalized spacial score (nSPS) is 17.8. The van der Waals surface area contributed by atoms with Crippen molar-refractivity contribution in [1.82, 2.24) is 10.2 Å². The van der Waals surface area contributed by atoms with Crippen molar-refractivity contribution in [2.75, 3.05) is 26.2 Å². The fourth-order valence-corrected chi connectivity index (χ4v) is 3.67. The maximum atomic E-state index is 12.8. The lowest BCUT2D eigenvalue weighted by molar-refractivity contribution is -0.143. The number of carbonyl (C=O) groups is 1.